The number of hydrogen-bond acceptors (Lipinski definition) is 4. The maximum atomic E-state index is 12.2. The van der Waals surface area contributed by atoms with Crippen LogP contribution in [0.3, 0.4) is 0 Å². The van der Waals surface area contributed by atoms with Crippen LogP contribution in [0.15, 0.2) is 36.4 Å². The number of ether oxygens (including phenoxy) is 2. The van der Waals surface area contributed by atoms with Crippen molar-refractivity contribution in [2.45, 2.75) is 6.42 Å². The third kappa shape index (κ3) is 4.17. The van der Waals surface area contributed by atoms with Crippen molar-refractivity contribution >= 4 is 29.2 Å². The maximum Gasteiger partial charge on any atom is 0.335 e. The smallest absolute Gasteiger partial charge is 0.335 e. The Bertz CT molecular complexity index is 776. The Morgan fingerprint density at radius 2 is 1.83 bits per heavy atom. The molecule has 0 aliphatic heterocycles. The van der Waals surface area contributed by atoms with E-state index in [1.807, 2.05) is 0 Å². The summed E-state index contributed by atoms with van der Waals surface area (Å²) in [6.07, 6.45) is 0.0217. The molecule has 2 aromatic carbocycles. The van der Waals surface area contributed by atoms with Gasteiger partial charge in [0, 0.05) is 6.07 Å². The maximum absolute atomic E-state index is 12.2. The number of carbonyl (C=O) groups is 2. The summed E-state index contributed by atoms with van der Waals surface area (Å²) in [4.78, 5) is 23.2. The summed E-state index contributed by atoms with van der Waals surface area (Å²) in [5, 5.41) is 12.0. The minimum Gasteiger partial charge on any atom is -0.495 e. The highest BCUT2D eigenvalue weighted by atomic mass is 35.5. The van der Waals surface area contributed by atoms with Crippen molar-refractivity contribution in [3.05, 3.63) is 52.5 Å². The molecule has 2 aromatic rings. The van der Waals surface area contributed by atoms with Crippen LogP contribution < -0.4 is 14.8 Å². The van der Waals surface area contributed by atoms with E-state index in [9.17, 15) is 9.59 Å². The third-order valence-corrected chi connectivity index (χ3v) is 3.58. The van der Waals surface area contributed by atoms with Crippen molar-refractivity contribution in [1.82, 2.24) is 0 Å². The van der Waals surface area contributed by atoms with Crippen molar-refractivity contribution in [3.8, 4) is 11.5 Å². The van der Waals surface area contributed by atoms with Gasteiger partial charge in [0.05, 0.1) is 36.9 Å². The molecule has 0 fully saturated rings. The Kier molecular flexibility index (Phi) is 5.65. The van der Waals surface area contributed by atoms with Gasteiger partial charge in [-0.05, 0) is 23.8 Å². The number of hydrogen-bond donors (Lipinski definition) is 2. The fourth-order valence-electron chi connectivity index (χ4n) is 2.15. The lowest BCUT2D eigenvalue weighted by Gasteiger charge is -2.13. The zero-order valence-corrected chi connectivity index (χ0v) is 13.9. The van der Waals surface area contributed by atoms with Gasteiger partial charge in [0.15, 0.2) is 0 Å². The summed E-state index contributed by atoms with van der Waals surface area (Å²) >= 11 is 6.06. The number of carbonyl (C=O) groups excluding carboxylic acids is 1. The van der Waals surface area contributed by atoms with E-state index in [2.05, 4.69) is 5.32 Å². The molecule has 0 saturated carbocycles. The van der Waals surface area contributed by atoms with Gasteiger partial charge in [0.2, 0.25) is 5.91 Å². The summed E-state index contributed by atoms with van der Waals surface area (Å²) in [7, 11) is 2.95. The van der Waals surface area contributed by atoms with Gasteiger partial charge in [-0.2, -0.15) is 0 Å². The average molecular weight is 350 g/mol. The normalized spacial score (nSPS) is 10.1. The second-order valence-electron chi connectivity index (χ2n) is 4.92. The number of methoxy groups -OCH3 is 2. The van der Waals surface area contributed by atoms with Crippen molar-refractivity contribution in [2.24, 2.45) is 0 Å². The second kappa shape index (κ2) is 7.70. The van der Waals surface area contributed by atoms with Crippen molar-refractivity contribution in [3.63, 3.8) is 0 Å². The zero-order valence-electron chi connectivity index (χ0n) is 13.1. The highest BCUT2D eigenvalue weighted by Crippen LogP contribution is 2.35. The minimum atomic E-state index is -1.04. The molecule has 0 aromatic heterocycles. The van der Waals surface area contributed by atoms with E-state index in [4.69, 9.17) is 26.2 Å². The van der Waals surface area contributed by atoms with E-state index < -0.39 is 5.97 Å². The lowest BCUT2D eigenvalue weighted by molar-refractivity contribution is -0.115. The SMILES string of the molecule is COc1cc(OC)c(NC(=O)Cc2cccc(C(=O)O)c2)cc1Cl. The molecule has 0 unspecified atom stereocenters. The number of halogens is 1. The van der Waals surface area contributed by atoms with E-state index in [1.54, 1.807) is 18.2 Å². The summed E-state index contributed by atoms with van der Waals surface area (Å²) in [5.74, 6) is -0.525. The second-order valence-corrected chi connectivity index (χ2v) is 5.32. The molecule has 0 saturated heterocycles. The van der Waals surface area contributed by atoms with E-state index in [0.29, 0.717) is 27.8 Å². The van der Waals surface area contributed by atoms with Gasteiger partial charge in [-0.25, -0.2) is 4.79 Å². The molecule has 0 spiro atoms. The van der Waals surface area contributed by atoms with Crippen LogP contribution in [0.2, 0.25) is 5.02 Å². The molecule has 1 amide bonds. The van der Waals surface area contributed by atoms with Crippen LogP contribution in [-0.4, -0.2) is 31.2 Å². The summed E-state index contributed by atoms with van der Waals surface area (Å²) in [5.41, 5.74) is 1.12. The molecule has 0 atom stereocenters. The van der Waals surface area contributed by atoms with Gasteiger partial charge >= 0.3 is 5.97 Å². The van der Waals surface area contributed by atoms with Crippen LogP contribution in [0.4, 0.5) is 5.69 Å². The lowest BCUT2D eigenvalue weighted by Crippen LogP contribution is -2.15. The van der Waals surface area contributed by atoms with Gasteiger partial charge in [-0.3, -0.25) is 4.79 Å². The number of benzene rings is 2. The lowest BCUT2D eigenvalue weighted by atomic mass is 10.1. The molecular weight excluding hydrogens is 334 g/mol. The first-order chi connectivity index (χ1) is 11.4. The first-order valence-corrected chi connectivity index (χ1v) is 7.36. The largest absolute Gasteiger partial charge is 0.495 e. The summed E-state index contributed by atoms with van der Waals surface area (Å²) in [6, 6.07) is 9.31. The van der Waals surface area contributed by atoms with Gasteiger partial charge in [-0.15, -0.1) is 0 Å². The first kappa shape index (κ1) is 17.6. The summed E-state index contributed by atoms with van der Waals surface area (Å²) in [6.45, 7) is 0. The standard InChI is InChI=1S/C17H16ClNO5/c1-23-14-9-15(24-2)13(8-12(14)18)19-16(20)7-10-4-3-5-11(6-10)17(21)22/h3-6,8-9H,7H2,1-2H3,(H,19,20)(H,21,22). The molecule has 0 aliphatic carbocycles. The van der Waals surface area contributed by atoms with Crippen LogP contribution in [0.25, 0.3) is 0 Å². The molecule has 0 aliphatic rings. The highest BCUT2D eigenvalue weighted by Gasteiger charge is 2.13. The molecule has 0 radical (unpaired) electrons. The summed E-state index contributed by atoms with van der Waals surface area (Å²) < 4.78 is 10.3. The predicted molar refractivity (Wildman–Crippen MR) is 90.3 cm³/mol. The highest BCUT2D eigenvalue weighted by molar-refractivity contribution is 6.32. The molecule has 126 valence electrons. The van der Waals surface area contributed by atoms with Crippen molar-refractivity contribution in [2.75, 3.05) is 19.5 Å². The van der Waals surface area contributed by atoms with Crippen molar-refractivity contribution in [1.29, 1.82) is 0 Å². The van der Waals surface area contributed by atoms with Crippen LogP contribution in [-0.2, 0) is 11.2 Å². The predicted octanol–water partition coefficient (Wildman–Crippen LogP) is 3.24. The number of anilines is 1. The third-order valence-electron chi connectivity index (χ3n) is 3.29. The van der Waals surface area contributed by atoms with Gasteiger partial charge in [-0.1, -0.05) is 23.7 Å². The van der Waals surface area contributed by atoms with E-state index in [-0.39, 0.29) is 17.9 Å². The van der Waals surface area contributed by atoms with Crippen LogP contribution in [0, 0.1) is 0 Å². The number of amides is 1. The Hall–Kier alpha value is -2.73. The molecule has 0 heterocycles. The van der Waals surface area contributed by atoms with E-state index in [1.165, 1.54) is 32.4 Å². The number of aromatic carboxylic acids is 1. The number of carboxylic acid groups (broad SMARTS) is 1. The first-order valence-electron chi connectivity index (χ1n) is 6.98. The molecule has 7 heteroatoms. The number of rotatable bonds is 6. The molecule has 2 N–H and O–H groups in total. The average Bonchev–Trinajstić information content (AvgIpc) is 2.55. The monoisotopic (exact) mass is 349 g/mol. The topological polar surface area (TPSA) is 84.9 Å². The number of nitrogens with one attached hydrogen (secondary N) is 1. The number of carboxylic acids is 1. The van der Waals surface area contributed by atoms with Crippen molar-refractivity contribution < 1.29 is 24.2 Å². The van der Waals surface area contributed by atoms with E-state index >= 15 is 0 Å². The molecule has 6 nitrogen and oxygen atoms in total. The molecular formula is C17H16ClNO5. The molecule has 24 heavy (non-hydrogen) atoms. The van der Waals surface area contributed by atoms with Gasteiger partial charge < -0.3 is 19.9 Å². The van der Waals surface area contributed by atoms with Gasteiger partial charge in [0.25, 0.3) is 0 Å². The Balaban J connectivity index is 2.16. The van der Waals surface area contributed by atoms with Crippen LogP contribution >= 0.6 is 11.6 Å². The molecule has 2 rings (SSSR count). The minimum absolute atomic E-state index is 0.0217. The van der Waals surface area contributed by atoms with Crippen LogP contribution in [0.1, 0.15) is 15.9 Å². The Labute approximate surface area is 144 Å². The Morgan fingerprint density at radius 3 is 2.46 bits per heavy atom. The van der Waals surface area contributed by atoms with Crippen LogP contribution in [0.5, 0.6) is 11.5 Å². The molecule has 0 bridgehead atoms. The quantitative estimate of drug-likeness (QED) is 0.836. The zero-order chi connectivity index (χ0) is 17.7. The van der Waals surface area contributed by atoms with Gasteiger partial charge in [0.1, 0.15) is 11.5 Å². The fourth-order valence-corrected chi connectivity index (χ4v) is 2.39. The van der Waals surface area contributed by atoms with E-state index in [0.717, 1.165) is 0 Å². The fraction of sp³-hybridized carbons (Fsp3) is 0.176. The Morgan fingerprint density at radius 1 is 1.12 bits per heavy atom.